The van der Waals surface area contributed by atoms with Crippen molar-refractivity contribution < 1.29 is 18.9 Å². The van der Waals surface area contributed by atoms with Crippen molar-refractivity contribution in [3.05, 3.63) is 56.6 Å². The van der Waals surface area contributed by atoms with Crippen molar-refractivity contribution >= 4 is 21.8 Å². The molecule has 2 atom stereocenters. The summed E-state index contributed by atoms with van der Waals surface area (Å²) in [6, 6.07) is 6.72. The van der Waals surface area contributed by atoms with Gasteiger partial charge in [0.25, 0.3) is 11.1 Å². The maximum atomic E-state index is 12.9. The van der Waals surface area contributed by atoms with Crippen LogP contribution in [0.25, 0.3) is 21.8 Å². The number of fused-ring (bicyclic) bond motifs is 2. The Morgan fingerprint density at radius 1 is 0.784 bits per heavy atom. The van der Waals surface area contributed by atoms with E-state index in [-0.39, 0.29) is 28.4 Å². The summed E-state index contributed by atoms with van der Waals surface area (Å²) in [6.07, 6.45) is 1.38. The van der Waals surface area contributed by atoms with Crippen molar-refractivity contribution in [2.24, 2.45) is 11.3 Å². The van der Waals surface area contributed by atoms with Crippen molar-refractivity contribution in [1.29, 1.82) is 0 Å². The van der Waals surface area contributed by atoms with E-state index in [9.17, 15) is 9.59 Å². The Morgan fingerprint density at radius 3 is 1.78 bits per heavy atom. The highest BCUT2D eigenvalue weighted by atomic mass is 16.5. The first-order valence-corrected chi connectivity index (χ1v) is 12.0. The molecule has 37 heavy (non-hydrogen) atoms. The Morgan fingerprint density at radius 2 is 1.27 bits per heavy atom. The monoisotopic (exact) mass is 506 g/mol. The van der Waals surface area contributed by atoms with Crippen molar-refractivity contribution in [3.63, 3.8) is 0 Å². The van der Waals surface area contributed by atoms with Crippen molar-refractivity contribution in [2.45, 2.75) is 32.6 Å². The molecule has 1 saturated carbocycles. The highest BCUT2D eigenvalue weighted by molar-refractivity contribution is 5.82. The van der Waals surface area contributed by atoms with Crippen molar-refractivity contribution in [2.75, 3.05) is 28.4 Å². The van der Waals surface area contributed by atoms with Crippen LogP contribution in [-0.2, 0) is 6.42 Å². The molecule has 2 unspecified atom stereocenters. The van der Waals surface area contributed by atoms with Crippen LogP contribution < -0.4 is 30.1 Å². The minimum atomic E-state index is -0.223. The summed E-state index contributed by atoms with van der Waals surface area (Å²) in [4.78, 5) is 41.1. The highest BCUT2D eigenvalue weighted by Gasteiger charge is 2.50. The lowest BCUT2D eigenvalue weighted by atomic mass is 9.53. The molecule has 10 nitrogen and oxygen atoms in total. The van der Waals surface area contributed by atoms with Gasteiger partial charge in [0.05, 0.1) is 50.2 Å². The van der Waals surface area contributed by atoms with Gasteiger partial charge in [-0.15, -0.1) is 0 Å². The van der Waals surface area contributed by atoms with Crippen LogP contribution in [0.5, 0.6) is 23.0 Å². The molecule has 1 aliphatic carbocycles. The summed E-state index contributed by atoms with van der Waals surface area (Å²) in [7, 11) is 6.16. The molecule has 0 bridgehead atoms. The third-order valence-electron chi connectivity index (χ3n) is 7.73. The van der Waals surface area contributed by atoms with Crippen LogP contribution >= 0.6 is 0 Å². The fraction of sp³-hybridized carbons (Fsp3) is 0.407. The molecule has 0 aliphatic heterocycles. The van der Waals surface area contributed by atoms with Crippen molar-refractivity contribution in [1.82, 2.24) is 19.9 Å². The molecule has 2 heterocycles. The van der Waals surface area contributed by atoms with Gasteiger partial charge in [0.1, 0.15) is 11.6 Å². The van der Waals surface area contributed by atoms with Gasteiger partial charge in [-0.1, -0.05) is 13.8 Å². The standard InChI is InChI=1S/C27H30N4O6/c1-27(2)13(8-23-28-17-11-21(36-5)19(34-3)9-14(17)25(32)30-23)7-16(27)24-29-18-12-22(37-6)20(35-4)10-15(18)26(33)31-24/h9-13,16H,7-8H2,1-6H3,(H,28,30,32)(H,29,31,33). The van der Waals surface area contributed by atoms with E-state index in [1.165, 1.54) is 14.2 Å². The number of methoxy groups -OCH3 is 4. The Balaban J connectivity index is 1.43. The molecule has 0 amide bonds. The van der Waals surface area contributed by atoms with Gasteiger partial charge in [-0.25, -0.2) is 9.97 Å². The number of nitrogens with zero attached hydrogens (tertiary/aromatic N) is 2. The number of hydrogen-bond donors (Lipinski definition) is 2. The molecule has 4 aromatic rings. The number of aromatic amines is 2. The van der Waals surface area contributed by atoms with Crippen LogP contribution in [0.2, 0.25) is 0 Å². The largest absolute Gasteiger partial charge is 0.493 e. The summed E-state index contributed by atoms with van der Waals surface area (Å²) in [5.74, 6) is 3.51. The predicted octanol–water partition coefficient (Wildman–Crippen LogP) is 3.57. The number of H-pyrrole nitrogens is 2. The number of aromatic nitrogens is 4. The zero-order valence-electron chi connectivity index (χ0n) is 21.7. The van der Waals surface area contributed by atoms with Crippen molar-refractivity contribution in [3.8, 4) is 23.0 Å². The maximum absolute atomic E-state index is 12.9. The average molecular weight is 507 g/mol. The molecule has 1 aliphatic rings. The molecule has 2 aromatic heterocycles. The Kier molecular flexibility index (Phi) is 6.05. The molecule has 5 rings (SSSR count). The van der Waals surface area contributed by atoms with Crippen LogP contribution in [0.1, 0.15) is 37.8 Å². The molecule has 2 aromatic carbocycles. The van der Waals surface area contributed by atoms with E-state index < -0.39 is 0 Å². The topological polar surface area (TPSA) is 128 Å². The number of benzene rings is 2. The third-order valence-corrected chi connectivity index (χ3v) is 7.73. The van der Waals surface area contributed by atoms with E-state index in [0.717, 1.165) is 6.42 Å². The summed E-state index contributed by atoms with van der Waals surface area (Å²) in [5, 5.41) is 0.886. The molecular weight excluding hydrogens is 476 g/mol. The molecule has 10 heteroatoms. The van der Waals surface area contributed by atoms with Gasteiger partial charge in [-0.3, -0.25) is 9.59 Å². The SMILES string of the molecule is COc1cc2nc(CC3CC(c4nc5cc(OC)c(OC)cc5c(=O)[nH]4)C3(C)C)[nH]c(=O)c2cc1OC. The lowest BCUT2D eigenvalue weighted by Crippen LogP contribution is -2.45. The normalized spacial score (nSPS) is 18.4. The summed E-state index contributed by atoms with van der Waals surface area (Å²) >= 11 is 0. The third kappa shape index (κ3) is 4.06. The first kappa shape index (κ1) is 24.6. The first-order chi connectivity index (χ1) is 17.7. The maximum Gasteiger partial charge on any atom is 0.258 e. The zero-order chi connectivity index (χ0) is 26.5. The molecule has 0 saturated heterocycles. The van der Waals surface area contributed by atoms with Gasteiger partial charge < -0.3 is 28.9 Å². The van der Waals surface area contributed by atoms with Crippen LogP contribution in [0.15, 0.2) is 33.9 Å². The second-order valence-corrected chi connectivity index (χ2v) is 9.92. The smallest absolute Gasteiger partial charge is 0.258 e. The second-order valence-electron chi connectivity index (χ2n) is 9.92. The molecule has 1 fully saturated rings. The van der Waals surface area contributed by atoms with Crippen LogP contribution in [-0.4, -0.2) is 48.4 Å². The second kappa shape index (κ2) is 9.10. The predicted molar refractivity (Wildman–Crippen MR) is 139 cm³/mol. The van der Waals surface area contributed by atoms with E-state index >= 15 is 0 Å². The van der Waals surface area contributed by atoms with E-state index in [1.54, 1.807) is 38.5 Å². The van der Waals surface area contributed by atoms with E-state index in [1.807, 2.05) is 0 Å². The van der Waals surface area contributed by atoms with Gasteiger partial charge >= 0.3 is 0 Å². The van der Waals surface area contributed by atoms with Crippen LogP contribution in [0.4, 0.5) is 0 Å². The minimum absolute atomic E-state index is 0.0410. The van der Waals surface area contributed by atoms with Gasteiger partial charge in [0, 0.05) is 24.5 Å². The Hall–Kier alpha value is -4.08. The highest BCUT2D eigenvalue weighted by Crippen LogP contribution is 2.56. The van der Waals surface area contributed by atoms with E-state index in [2.05, 4.69) is 23.8 Å². The van der Waals surface area contributed by atoms with E-state index in [0.29, 0.717) is 62.9 Å². The number of nitrogens with one attached hydrogen (secondary N) is 2. The molecule has 2 N–H and O–H groups in total. The molecular formula is C27H30N4O6. The fourth-order valence-electron chi connectivity index (χ4n) is 5.32. The van der Waals surface area contributed by atoms with Crippen LogP contribution in [0, 0.1) is 11.3 Å². The summed E-state index contributed by atoms with van der Waals surface area (Å²) in [6.45, 7) is 4.30. The van der Waals surface area contributed by atoms with Gasteiger partial charge in [0.15, 0.2) is 23.0 Å². The van der Waals surface area contributed by atoms with Gasteiger partial charge in [-0.2, -0.15) is 0 Å². The minimum Gasteiger partial charge on any atom is -0.493 e. The Labute approximate surface area is 213 Å². The summed E-state index contributed by atoms with van der Waals surface area (Å²) < 4.78 is 21.4. The Bertz CT molecular complexity index is 1620. The average Bonchev–Trinajstić information content (AvgIpc) is 2.89. The lowest BCUT2D eigenvalue weighted by Gasteiger charge is -2.51. The quantitative estimate of drug-likeness (QED) is 0.389. The molecule has 0 radical (unpaired) electrons. The van der Waals surface area contributed by atoms with E-state index in [4.69, 9.17) is 28.9 Å². The number of rotatable bonds is 7. The summed E-state index contributed by atoms with van der Waals surface area (Å²) in [5.41, 5.74) is 0.478. The first-order valence-electron chi connectivity index (χ1n) is 12.0. The number of hydrogen-bond acceptors (Lipinski definition) is 8. The fourth-order valence-corrected chi connectivity index (χ4v) is 5.32. The van der Waals surface area contributed by atoms with Crippen LogP contribution in [0.3, 0.4) is 0 Å². The van der Waals surface area contributed by atoms with Gasteiger partial charge in [-0.05, 0) is 29.9 Å². The number of ether oxygens (including phenoxy) is 4. The lowest BCUT2D eigenvalue weighted by molar-refractivity contribution is 0.0272. The molecule has 194 valence electrons. The zero-order valence-corrected chi connectivity index (χ0v) is 21.7. The molecule has 0 spiro atoms. The van der Waals surface area contributed by atoms with Gasteiger partial charge in [0.2, 0.25) is 0 Å².